The number of hydrogen-bond donors (Lipinski definition) is 2. The standard InChI is InChI=1S/C20H19N3O3S/c1-13-3-5-14(6-4-13)20-23-17(12-27-20)19(25)22-16-9-7-15(8-10-16)21-18(24)11-26-2/h3-10,12H,11H2,1-2H3,(H,21,24)(H,22,25). The van der Waals surface area contributed by atoms with Gasteiger partial charge < -0.3 is 15.4 Å². The van der Waals surface area contributed by atoms with Crippen LogP contribution in [-0.2, 0) is 9.53 Å². The van der Waals surface area contributed by atoms with Crippen molar-refractivity contribution in [2.75, 3.05) is 24.4 Å². The Balaban J connectivity index is 1.63. The van der Waals surface area contributed by atoms with Gasteiger partial charge in [0.1, 0.15) is 17.3 Å². The van der Waals surface area contributed by atoms with E-state index in [9.17, 15) is 9.59 Å². The van der Waals surface area contributed by atoms with Gasteiger partial charge in [-0.2, -0.15) is 0 Å². The molecule has 2 amide bonds. The summed E-state index contributed by atoms with van der Waals surface area (Å²) in [5.74, 6) is -0.513. The molecule has 0 bridgehead atoms. The van der Waals surface area contributed by atoms with E-state index in [2.05, 4.69) is 15.6 Å². The lowest BCUT2D eigenvalue weighted by molar-refractivity contribution is -0.119. The summed E-state index contributed by atoms with van der Waals surface area (Å²) in [6, 6.07) is 14.9. The molecule has 0 fully saturated rings. The molecule has 0 aliphatic heterocycles. The molecule has 138 valence electrons. The lowest BCUT2D eigenvalue weighted by Crippen LogP contribution is -2.17. The van der Waals surface area contributed by atoms with Crippen molar-refractivity contribution in [3.05, 3.63) is 65.2 Å². The summed E-state index contributed by atoms with van der Waals surface area (Å²) in [7, 11) is 1.46. The number of rotatable bonds is 6. The van der Waals surface area contributed by atoms with Crippen molar-refractivity contribution >= 4 is 34.5 Å². The van der Waals surface area contributed by atoms with Gasteiger partial charge in [0, 0.05) is 29.4 Å². The number of methoxy groups -OCH3 is 1. The van der Waals surface area contributed by atoms with Crippen LogP contribution in [0.5, 0.6) is 0 Å². The van der Waals surface area contributed by atoms with Gasteiger partial charge in [-0.05, 0) is 31.2 Å². The van der Waals surface area contributed by atoms with Gasteiger partial charge in [0.2, 0.25) is 5.91 Å². The van der Waals surface area contributed by atoms with Crippen molar-refractivity contribution in [1.82, 2.24) is 4.98 Å². The maximum absolute atomic E-state index is 12.4. The summed E-state index contributed by atoms with van der Waals surface area (Å²) in [5.41, 5.74) is 3.78. The third-order valence-electron chi connectivity index (χ3n) is 3.74. The fourth-order valence-electron chi connectivity index (χ4n) is 2.37. The number of aromatic nitrogens is 1. The summed E-state index contributed by atoms with van der Waals surface area (Å²) in [4.78, 5) is 28.3. The number of carbonyl (C=O) groups is 2. The highest BCUT2D eigenvalue weighted by molar-refractivity contribution is 7.13. The number of anilines is 2. The molecule has 0 atom stereocenters. The van der Waals surface area contributed by atoms with E-state index < -0.39 is 0 Å². The van der Waals surface area contributed by atoms with Crippen LogP contribution in [-0.4, -0.2) is 30.5 Å². The molecule has 0 spiro atoms. The number of ether oxygens (including phenoxy) is 1. The minimum absolute atomic E-state index is 0.00830. The quantitative estimate of drug-likeness (QED) is 0.677. The number of amides is 2. The van der Waals surface area contributed by atoms with Crippen molar-refractivity contribution in [3.63, 3.8) is 0 Å². The second-order valence-corrected chi connectivity index (χ2v) is 6.77. The second-order valence-electron chi connectivity index (χ2n) is 5.92. The maximum atomic E-state index is 12.4. The van der Waals surface area contributed by atoms with Crippen molar-refractivity contribution < 1.29 is 14.3 Å². The molecule has 0 aliphatic carbocycles. The van der Waals surface area contributed by atoms with Crippen LogP contribution >= 0.6 is 11.3 Å². The van der Waals surface area contributed by atoms with Crippen molar-refractivity contribution in [2.45, 2.75) is 6.92 Å². The fraction of sp³-hybridized carbons (Fsp3) is 0.150. The Labute approximate surface area is 161 Å². The summed E-state index contributed by atoms with van der Waals surface area (Å²) in [6.07, 6.45) is 0. The summed E-state index contributed by atoms with van der Waals surface area (Å²) >= 11 is 1.43. The van der Waals surface area contributed by atoms with Gasteiger partial charge in [0.25, 0.3) is 5.91 Å². The van der Waals surface area contributed by atoms with Crippen molar-refractivity contribution in [1.29, 1.82) is 0 Å². The minimum atomic E-state index is -0.277. The lowest BCUT2D eigenvalue weighted by atomic mass is 10.2. The molecule has 0 saturated carbocycles. The number of carbonyl (C=O) groups excluding carboxylic acids is 2. The second kappa shape index (κ2) is 8.57. The third-order valence-corrected chi connectivity index (χ3v) is 4.63. The average Bonchev–Trinajstić information content (AvgIpc) is 3.14. The van der Waals surface area contributed by atoms with Crippen LogP contribution in [0.25, 0.3) is 10.6 Å². The predicted octanol–water partition coefficient (Wildman–Crippen LogP) is 3.96. The fourth-order valence-corrected chi connectivity index (χ4v) is 3.17. The van der Waals surface area contributed by atoms with E-state index in [0.717, 1.165) is 10.6 Å². The summed E-state index contributed by atoms with van der Waals surface area (Å²) in [5, 5.41) is 8.04. The van der Waals surface area contributed by atoms with Gasteiger partial charge in [-0.3, -0.25) is 9.59 Å². The Morgan fingerprint density at radius 2 is 1.63 bits per heavy atom. The number of benzene rings is 2. The molecule has 0 unspecified atom stereocenters. The number of nitrogens with one attached hydrogen (secondary N) is 2. The van der Waals surface area contributed by atoms with Gasteiger partial charge in [-0.15, -0.1) is 11.3 Å². The third kappa shape index (κ3) is 4.99. The zero-order valence-corrected chi connectivity index (χ0v) is 15.8. The molecule has 0 aliphatic rings. The van der Waals surface area contributed by atoms with Gasteiger partial charge in [-0.1, -0.05) is 29.8 Å². The molecule has 6 nitrogen and oxygen atoms in total. The van der Waals surface area contributed by atoms with E-state index in [4.69, 9.17) is 4.74 Å². The number of thiazole rings is 1. The van der Waals surface area contributed by atoms with Gasteiger partial charge in [0.15, 0.2) is 0 Å². The number of aryl methyl sites for hydroxylation is 1. The molecule has 2 aromatic carbocycles. The number of nitrogens with zero attached hydrogens (tertiary/aromatic N) is 1. The van der Waals surface area contributed by atoms with Crippen molar-refractivity contribution in [2.24, 2.45) is 0 Å². The first-order valence-corrected chi connectivity index (χ1v) is 9.16. The van der Waals surface area contributed by atoms with E-state index in [1.165, 1.54) is 24.0 Å². The summed E-state index contributed by atoms with van der Waals surface area (Å²) in [6.45, 7) is 2.02. The Hall–Kier alpha value is -3.03. The first kappa shape index (κ1) is 18.8. The molecular weight excluding hydrogens is 362 g/mol. The van der Waals surface area contributed by atoms with E-state index in [1.807, 2.05) is 31.2 Å². The minimum Gasteiger partial charge on any atom is -0.375 e. The van der Waals surface area contributed by atoms with Crippen molar-refractivity contribution in [3.8, 4) is 10.6 Å². The van der Waals surface area contributed by atoms with Crippen LogP contribution in [0.2, 0.25) is 0 Å². The largest absolute Gasteiger partial charge is 0.375 e. The van der Waals surface area contributed by atoms with Crippen LogP contribution in [0.1, 0.15) is 16.1 Å². The zero-order chi connectivity index (χ0) is 19.2. The van der Waals surface area contributed by atoms with Crippen LogP contribution in [0.4, 0.5) is 11.4 Å². The van der Waals surface area contributed by atoms with E-state index in [1.54, 1.807) is 29.6 Å². The van der Waals surface area contributed by atoms with E-state index >= 15 is 0 Å². The van der Waals surface area contributed by atoms with Gasteiger partial charge in [0.05, 0.1) is 0 Å². The van der Waals surface area contributed by atoms with Crippen LogP contribution < -0.4 is 10.6 Å². The normalized spacial score (nSPS) is 10.4. The molecule has 1 heterocycles. The highest BCUT2D eigenvalue weighted by atomic mass is 32.1. The van der Waals surface area contributed by atoms with Crippen LogP contribution in [0.3, 0.4) is 0 Å². The summed E-state index contributed by atoms with van der Waals surface area (Å²) < 4.78 is 4.77. The van der Waals surface area contributed by atoms with Gasteiger partial charge in [-0.25, -0.2) is 4.98 Å². The molecule has 7 heteroatoms. The highest BCUT2D eigenvalue weighted by Gasteiger charge is 2.12. The van der Waals surface area contributed by atoms with E-state index in [-0.39, 0.29) is 18.4 Å². The lowest BCUT2D eigenvalue weighted by Gasteiger charge is -2.07. The maximum Gasteiger partial charge on any atom is 0.275 e. The number of hydrogen-bond acceptors (Lipinski definition) is 5. The first-order valence-electron chi connectivity index (χ1n) is 8.28. The molecule has 0 saturated heterocycles. The topological polar surface area (TPSA) is 80.3 Å². The molecule has 3 aromatic rings. The Bertz CT molecular complexity index is 934. The first-order chi connectivity index (χ1) is 13.0. The molecular formula is C20H19N3O3S. The Kier molecular flexibility index (Phi) is 5.95. The SMILES string of the molecule is COCC(=O)Nc1ccc(NC(=O)c2csc(-c3ccc(C)cc3)n2)cc1. The molecule has 3 rings (SSSR count). The van der Waals surface area contributed by atoms with Crippen LogP contribution in [0.15, 0.2) is 53.9 Å². The zero-order valence-electron chi connectivity index (χ0n) is 15.0. The Morgan fingerprint density at radius 3 is 2.26 bits per heavy atom. The Morgan fingerprint density at radius 1 is 1.00 bits per heavy atom. The molecule has 27 heavy (non-hydrogen) atoms. The highest BCUT2D eigenvalue weighted by Crippen LogP contribution is 2.24. The average molecular weight is 381 g/mol. The predicted molar refractivity (Wildman–Crippen MR) is 107 cm³/mol. The monoisotopic (exact) mass is 381 g/mol. The van der Waals surface area contributed by atoms with Gasteiger partial charge >= 0.3 is 0 Å². The van der Waals surface area contributed by atoms with E-state index in [0.29, 0.717) is 17.1 Å². The smallest absolute Gasteiger partial charge is 0.275 e. The molecule has 0 radical (unpaired) electrons. The molecule has 1 aromatic heterocycles. The van der Waals surface area contributed by atoms with Crippen LogP contribution in [0, 0.1) is 6.92 Å². The molecule has 2 N–H and O–H groups in total.